The number of rotatable bonds is 2. The van der Waals surface area contributed by atoms with Crippen LogP contribution in [0.25, 0.3) is 0 Å². The van der Waals surface area contributed by atoms with Gasteiger partial charge in [0.05, 0.1) is 62.7 Å². The summed E-state index contributed by atoms with van der Waals surface area (Å²) < 4.78 is 0.979. The van der Waals surface area contributed by atoms with Gasteiger partial charge in [-0.1, -0.05) is 31.9 Å². The minimum Gasteiger partial charge on any atom is -0.274 e. The smallest absolute Gasteiger partial charge is 0.239 e. The van der Waals surface area contributed by atoms with Gasteiger partial charge in [-0.05, 0) is 60.4 Å². The fourth-order valence-corrected chi connectivity index (χ4v) is 4.01. The van der Waals surface area contributed by atoms with E-state index in [0.717, 1.165) is 26.2 Å². The highest BCUT2D eigenvalue weighted by Crippen LogP contribution is 2.20. The van der Waals surface area contributed by atoms with Crippen LogP contribution in [0.1, 0.15) is 57.3 Å². The molecule has 1 fully saturated rings. The van der Waals surface area contributed by atoms with Crippen LogP contribution in [0.5, 0.6) is 0 Å². The van der Waals surface area contributed by atoms with E-state index in [9.17, 15) is 9.59 Å². The lowest BCUT2D eigenvalue weighted by atomic mass is 10.0. The van der Waals surface area contributed by atoms with Gasteiger partial charge in [0, 0.05) is 23.5 Å². The van der Waals surface area contributed by atoms with Crippen molar-refractivity contribution in [2.24, 2.45) is 0 Å². The summed E-state index contributed by atoms with van der Waals surface area (Å²) in [7, 11) is 0. The molecule has 0 spiro atoms. The Balaban J connectivity index is 0.000000264. The van der Waals surface area contributed by atoms with Crippen LogP contribution in [-0.4, -0.2) is 15.7 Å². The van der Waals surface area contributed by atoms with E-state index in [2.05, 4.69) is 72.3 Å². The van der Waals surface area contributed by atoms with E-state index in [4.69, 9.17) is 21.0 Å². The molecule has 3 rings (SSSR count). The fourth-order valence-electron chi connectivity index (χ4n) is 2.72. The Morgan fingerprint density at radius 1 is 0.706 bits per heavy atom. The molecule has 0 saturated carbocycles. The molecule has 0 bridgehead atoms. The van der Waals surface area contributed by atoms with Crippen LogP contribution in [0.4, 0.5) is 0 Å². The topological polar surface area (TPSA) is 133 Å². The fraction of sp³-hybridized carbons (Fsp3) is 0.250. The lowest BCUT2D eigenvalue weighted by molar-refractivity contribution is -0.131. The van der Waals surface area contributed by atoms with Crippen molar-refractivity contribution >= 4 is 59.8 Å². The van der Waals surface area contributed by atoms with Gasteiger partial charge in [-0.2, -0.15) is 21.0 Å². The molecule has 1 aliphatic heterocycles. The van der Waals surface area contributed by atoms with Gasteiger partial charge in [0.1, 0.15) is 0 Å². The van der Waals surface area contributed by atoms with Crippen molar-refractivity contribution in [1.29, 1.82) is 21.0 Å². The average molecular weight is 648 g/mol. The van der Waals surface area contributed by atoms with Gasteiger partial charge < -0.3 is 0 Å². The van der Waals surface area contributed by atoms with Crippen LogP contribution in [0.2, 0.25) is 0 Å². The third kappa shape index (κ3) is 7.79. The van der Waals surface area contributed by atoms with Crippen molar-refractivity contribution in [3.63, 3.8) is 0 Å². The second kappa shape index (κ2) is 14.3. The molecule has 2 amide bonds. The SMILES string of the molecule is Cc1cc(C#N)c(C)cc1C#N.N#Cc1cc(CBr)c(C#N)cc1CBr.O=C1CCC(=O)N1Br. The van der Waals surface area contributed by atoms with Crippen molar-refractivity contribution in [2.45, 2.75) is 37.3 Å². The largest absolute Gasteiger partial charge is 0.274 e. The molecule has 0 unspecified atom stereocenters. The Labute approximate surface area is 223 Å². The minimum atomic E-state index is -0.144. The number of benzene rings is 2. The first-order valence-electron chi connectivity index (χ1n) is 9.68. The molecule has 1 saturated heterocycles. The van der Waals surface area contributed by atoms with Gasteiger partial charge in [0.2, 0.25) is 11.8 Å². The van der Waals surface area contributed by atoms with Gasteiger partial charge in [0.25, 0.3) is 0 Å². The van der Waals surface area contributed by atoms with Crippen LogP contribution in [0, 0.1) is 59.2 Å². The van der Waals surface area contributed by atoms with Gasteiger partial charge in [-0.15, -0.1) is 0 Å². The van der Waals surface area contributed by atoms with Crippen LogP contribution in [0.15, 0.2) is 24.3 Å². The number of carbonyl (C=O) groups excluding carboxylic acids is 2. The van der Waals surface area contributed by atoms with E-state index in [1.54, 1.807) is 24.3 Å². The van der Waals surface area contributed by atoms with Crippen molar-refractivity contribution in [1.82, 2.24) is 3.93 Å². The van der Waals surface area contributed by atoms with E-state index in [1.165, 1.54) is 0 Å². The first-order chi connectivity index (χ1) is 16.2. The number of hydrogen-bond acceptors (Lipinski definition) is 6. The molecule has 0 N–H and O–H groups in total. The van der Waals surface area contributed by atoms with Crippen LogP contribution in [-0.2, 0) is 20.2 Å². The number of carbonyl (C=O) groups is 2. The summed E-state index contributed by atoms with van der Waals surface area (Å²) in [6.45, 7) is 3.66. The van der Waals surface area contributed by atoms with Crippen LogP contribution >= 0.6 is 48.0 Å². The summed E-state index contributed by atoms with van der Waals surface area (Å²) in [5, 5.41) is 36.3. The molecule has 0 atom stereocenters. The average Bonchev–Trinajstić information content (AvgIpc) is 3.15. The highest BCUT2D eigenvalue weighted by atomic mass is 79.9. The molecule has 1 aliphatic rings. The third-order valence-corrected chi connectivity index (χ3v) is 6.66. The maximum Gasteiger partial charge on any atom is 0.239 e. The first-order valence-corrected chi connectivity index (χ1v) is 12.6. The summed E-state index contributed by atoms with van der Waals surface area (Å²) in [6.07, 6.45) is 0.703. The van der Waals surface area contributed by atoms with E-state index < -0.39 is 0 Å². The number of amides is 2. The zero-order chi connectivity index (χ0) is 25.8. The highest BCUT2D eigenvalue weighted by Gasteiger charge is 2.26. The molecule has 2 aromatic rings. The van der Waals surface area contributed by atoms with Crippen molar-refractivity contribution < 1.29 is 9.59 Å². The quantitative estimate of drug-likeness (QED) is 0.233. The molecule has 172 valence electrons. The first kappa shape index (κ1) is 29.0. The van der Waals surface area contributed by atoms with Crippen molar-refractivity contribution in [3.8, 4) is 24.3 Å². The highest BCUT2D eigenvalue weighted by molar-refractivity contribution is 9.09. The monoisotopic (exact) mass is 645 g/mol. The van der Waals surface area contributed by atoms with E-state index in [-0.39, 0.29) is 11.8 Å². The Morgan fingerprint density at radius 3 is 1.24 bits per heavy atom. The molecular formula is C24H18Br3N5O2. The zero-order valence-electron chi connectivity index (χ0n) is 18.3. The number of nitrogens with zero attached hydrogens (tertiary/aromatic N) is 5. The third-order valence-electron chi connectivity index (χ3n) is 4.66. The van der Waals surface area contributed by atoms with E-state index in [1.807, 2.05) is 13.8 Å². The van der Waals surface area contributed by atoms with Crippen LogP contribution < -0.4 is 0 Å². The summed E-state index contributed by atoms with van der Waals surface area (Å²) in [6, 6.07) is 15.4. The Hall–Kier alpha value is -3.02. The summed E-state index contributed by atoms with van der Waals surface area (Å²) in [5.74, 6) is -0.287. The maximum absolute atomic E-state index is 10.4. The second-order valence-corrected chi connectivity index (χ2v) is 8.76. The van der Waals surface area contributed by atoms with Gasteiger partial charge in [-0.3, -0.25) is 9.59 Å². The van der Waals surface area contributed by atoms with Crippen molar-refractivity contribution in [2.75, 3.05) is 0 Å². The second-order valence-electron chi connectivity index (χ2n) is 6.93. The Bertz CT molecular complexity index is 1170. The predicted octanol–water partition coefficient (Wildman–Crippen LogP) is 5.71. The number of halogens is 3. The normalized spacial score (nSPS) is 11.6. The Morgan fingerprint density at radius 2 is 1.03 bits per heavy atom. The van der Waals surface area contributed by atoms with Gasteiger partial charge >= 0.3 is 0 Å². The minimum absolute atomic E-state index is 0.144. The molecular weight excluding hydrogens is 630 g/mol. The molecule has 0 aromatic heterocycles. The van der Waals surface area contributed by atoms with Gasteiger partial charge in [-0.25, -0.2) is 3.93 Å². The van der Waals surface area contributed by atoms with Gasteiger partial charge in [0.15, 0.2) is 0 Å². The molecule has 0 aliphatic carbocycles. The van der Waals surface area contributed by atoms with Crippen molar-refractivity contribution in [3.05, 3.63) is 68.8 Å². The number of nitriles is 4. The molecule has 34 heavy (non-hydrogen) atoms. The molecule has 1 heterocycles. The lowest BCUT2D eigenvalue weighted by Crippen LogP contribution is -2.16. The number of alkyl halides is 2. The molecule has 7 nitrogen and oxygen atoms in total. The van der Waals surface area contributed by atoms with E-state index in [0.29, 0.717) is 45.8 Å². The standard InChI is InChI=1S/C10H6Br2N2.C10H8N2.C4H4BrNO2/c11-3-7-1-9(5-13)8(4-12)2-10(7)6-14;1-7-3-10(6-12)8(2)4-9(7)5-11;5-6-3(7)1-2-4(6)8/h1-2H,3-4H2;3-4H,1-2H3;1-2H2. The summed E-state index contributed by atoms with van der Waals surface area (Å²) >= 11 is 9.38. The molecule has 10 heteroatoms. The Kier molecular flexibility index (Phi) is 12.2. The predicted molar refractivity (Wildman–Crippen MR) is 136 cm³/mol. The van der Waals surface area contributed by atoms with Crippen LogP contribution in [0.3, 0.4) is 0 Å². The maximum atomic E-state index is 10.4. The summed E-state index contributed by atoms with van der Waals surface area (Å²) in [4.78, 5) is 20.9. The number of imide groups is 1. The van der Waals surface area contributed by atoms with E-state index >= 15 is 0 Å². The summed E-state index contributed by atoms with van der Waals surface area (Å²) in [5.41, 5.74) is 5.96. The lowest BCUT2D eigenvalue weighted by Gasteiger charge is -2.04. The molecule has 2 aromatic carbocycles. The number of aryl methyl sites for hydroxylation is 2. The zero-order valence-corrected chi connectivity index (χ0v) is 23.1. The number of hydrogen-bond donors (Lipinski definition) is 0. The molecule has 0 radical (unpaired) electrons.